The Hall–Kier alpha value is -1.81. The lowest BCUT2D eigenvalue weighted by Gasteiger charge is -2.17. The number of phenols is 1. The van der Waals surface area contributed by atoms with Gasteiger partial charge in [-0.3, -0.25) is 4.79 Å². The number of amides is 1. The molecule has 0 saturated carbocycles. The molecule has 0 saturated heterocycles. The number of carbonyl (C=O) groups is 1. The zero-order valence-corrected chi connectivity index (χ0v) is 10.3. The summed E-state index contributed by atoms with van der Waals surface area (Å²) >= 11 is 0. The Morgan fingerprint density at radius 1 is 1.50 bits per heavy atom. The Kier molecular flexibility index (Phi) is 3.67. The van der Waals surface area contributed by atoms with Gasteiger partial charge in [-0.1, -0.05) is 24.3 Å². The molecule has 1 aliphatic rings. The highest BCUT2D eigenvalue weighted by molar-refractivity contribution is 5.81. The second-order valence-corrected chi connectivity index (χ2v) is 4.72. The van der Waals surface area contributed by atoms with Crippen LogP contribution >= 0.6 is 0 Å². The lowest BCUT2D eigenvalue weighted by molar-refractivity contribution is -0.124. The highest BCUT2D eigenvalue weighted by Gasteiger charge is 2.23. The standard InChI is InChI=1S/C14H18N2O2/c1-9(10-3-2-4-13(17)8-10)16-14(18)11-5-6-12(15)7-11/h2-6,8-9,11-12,17H,7,15H2,1H3,(H,16,18). The number of carbonyl (C=O) groups excluding carboxylic acids is 1. The van der Waals surface area contributed by atoms with Crippen molar-refractivity contribution >= 4 is 5.91 Å². The SMILES string of the molecule is CC(NC(=O)C1C=CC(N)C1)c1cccc(O)c1. The van der Waals surface area contributed by atoms with Crippen LogP contribution in [0.2, 0.25) is 0 Å². The van der Waals surface area contributed by atoms with E-state index in [0.29, 0.717) is 6.42 Å². The molecule has 3 atom stereocenters. The Balaban J connectivity index is 1.97. The average molecular weight is 246 g/mol. The zero-order chi connectivity index (χ0) is 13.1. The fourth-order valence-electron chi connectivity index (χ4n) is 2.12. The maximum atomic E-state index is 12.0. The van der Waals surface area contributed by atoms with E-state index in [-0.39, 0.29) is 29.7 Å². The Bertz CT molecular complexity index is 471. The normalized spacial score (nSPS) is 23.9. The van der Waals surface area contributed by atoms with E-state index >= 15 is 0 Å². The van der Waals surface area contributed by atoms with Crippen molar-refractivity contribution in [2.24, 2.45) is 11.7 Å². The third-order valence-corrected chi connectivity index (χ3v) is 3.18. The molecule has 4 heteroatoms. The maximum absolute atomic E-state index is 12.0. The summed E-state index contributed by atoms with van der Waals surface area (Å²) in [6.07, 6.45) is 4.39. The first kappa shape index (κ1) is 12.6. The van der Waals surface area contributed by atoms with Gasteiger partial charge in [0, 0.05) is 6.04 Å². The van der Waals surface area contributed by atoms with Gasteiger partial charge in [-0.15, -0.1) is 0 Å². The number of aromatic hydroxyl groups is 1. The molecule has 0 fully saturated rings. The molecule has 1 aromatic rings. The first-order valence-electron chi connectivity index (χ1n) is 6.09. The van der Waals surface area contributed by atoms with Gasteiger partial charge < -0.3 is 16.2 Å². The summed E-state index contributed by atoms with van der Waals surface area (Å²) in [4.78, 5) is 12.0. The predicted octanol–water partition coefficient (Wildman–Crippen LogP) is 1.47. The third kappa shape index (κ3) is 2.90. The van der Waals surface area contributed by atoms with Crippen molar-refractivity contribution in [3.05, 3.63) is 42.0 Å². The molecule has 1 amide bonds. The van der Waals surface area contributed by atoms with Gasteiger partial charge in [0.2, 0.25) is 5.91 Å². The van der Waals surface area contributed by atoms with Crippen LogP contribution < -0.4 is 11.1 Å². The summed E-state index contributed by atoms with van der Waals surface area (Å²) in [5.41, 5.74) is 6.61. The zero-order valence-electron chi connectivity index (χ0n) is 10.3. The molecular weight excluding hydrogens is 228 g/mol. The molecular formula is C14H18N2O2. The van der Waals surface area contributed by atoms with Crippen molar-refractivity contribution < 1.29 is 9.90 Å². The van der Waals surface area contributed by atoms with Crippen LogP contribution in [0.3, 0.4) is 0 Å². The van der Waals surface area contributed by atoms with Gasteiger partial charge in [-0.2, -0.15) is 0 Å². The highest BCUT2D eigenvalue weighted by Crippen LogP contribution is 2.21. The van der Waals surface area contributed by atoms with Crippen molar-refractivity contribution in [2.75, 3.05) is 0 Å². The van der Waals surface area contributed by atoms with Crippen LogP contribution in [-0.4, -0.2) is 17.1 Å². The minimum Gasteiger partial charge on any atom is -0.508 e. The molecule has 3 unspecified atom stereocenters. The first-order chi connectivity index (χ1) is 8.56. The highest BCUT2D eigenvalue weighted by atomic mass is 16.3. The van der Waals surface area contributed by atoms with Gasteiger partial charge in [0.1, 0.15) is 5.75 Å². The Morgan fingerprint density at radius 3 is 2.89 bits per heavy atom. The monoisotopic (exact) mass is 246 g/mol. The molecule has 2 rings (SSSR count). The van der Waals surface area contributed by atoms with Crippen molar-refractivity contribution in [1.29, 1.82) is 0 Å². The number of nitrogens with two attached hydrogens (primary N) is 1. The van der Waals surface area contributed by atoms with E-state index < -0.39 is 0 Å². The number of benzene rings is 1. The number of phenolic OH excluding ortho intramolecular Hbond substituents is 1. The smallest absolute Gasteiger partial charge is 0.227 e. The molecule has 18 heavy (non-hydrogen) atoms. The number of hydrogen-bond acceptors (Lipinski definition) is 3. The molecule has 4 nitrogen and oxygen atoms in total. The van der Waals surface area contributed by atoms with Crippen LogP contribution in [0.4, 0.5) is 0 Å². The van der Waals surface area contributed by atoms with Gasteiger partial charge >= 0.3 is 0 Å². The topological polar surface area (TPSA) is 75.4 Å². The quantitative estimate of drug-likeness (QED) is 0.707. The molecule has 0 aromatic heterocycles. The lowest BCUT2D eigenvalue weighted by Crippen LogP contribution is -2.32. The third-order valence-electron chi connectivity index (χ3n) is 3.18. The number of rotatable bonds is 3. The van der Waals surface area contributed by atoms with Crippen molar-refractivity contribution in [1.82, 2.24) is 5.32 Å². The van der Waals surface area contributed by atoms with Crippen LogP contribution in [0.1, 0.15) is 24.9 Å². The molecule has 0 radical (unpaired) electrons. The molecule has 4 N–H and O–H groups in total. The van der Waals surface area contributed by atoms with Gasteiger partial charge in [-0.25, -0.2) is 0 Å². The Morgan fingerprint density at radius 2 is 2.28 bits per heavy atom. The summed E-state index contributed by atoms with van der Waals surface area (Å²) in [7, 11) is 0. The van der Waals surface area contributed by atoms with Gasteiger partial charge in [0.25, 0.3) is 0 Å². The van der Waals surface area contributed by atoms with E-state index in [4.69, 9.17) is 5.73 Å². The number of hydrogen-bond donors (Lipinski definition) is 3. The first-order valence-corrected chi connectivity index (χ1v) is 6.09. The molecule has 1 aromatic carbocycles. The van der Waals surface area contributed by atoms with Crippen molar-refractivity contribution in [2.45, 2.75) is 25.4 Å². The van der Waals surface area contributed by atoms with Crippen LogP contribution in [0.15, 0.2) is 36.4 Å². The lowest BCUT2D eigenvalue weighted by atomic mass is 10.0. The van der Waals surface area contributed by atoms with Crippen LogP contribution in [0.5, 0.6) is 5.75 Å². The van der Waals surface area contributed by atoms with Gasteiger partial charge in [-0.05, 0) is 31.0 Å². The second kappa shape index (κ2) is 5.23. The molecule has 0 heterocycles. The van der Waals surface area contributed by atoms with E-state index in [1.807, 2.05) is 25.1 Å². The van der Waals surface area contributed by atoms with Crippen LogP contribution in [0, 0.1) is 5.92 Å². The van der Waals surface area contributed by atoms with Crippen molar-refractivity contribution in [3.8, 4) is 5.75 Å². The fourth-order valence-corrected chi connectivity index (χ4v) is 2.12. The maximum Gasteiger partial charge on any atom is 0.227 e. The summed E-state index contributed by atoms with van der Waals surface area (Å²) in [6.45, 7) is 1.89. The van der Waals surface area contributed by atoms with E-state index in [2.05, 4.69) is 5.32 Å². The van der Waals surface area contributed by atoms with E-state index in [0.717, 1.165) is 5.56 Å². The summed E-state index contributed by atoms with van der Waals surface area (Å²) in [5, 5.41) is 12.3. The molecule has 0 bridgehead atoms. The average Bonchev–Trinajstić information content (AvgIpc) is 2.76. The fraction of sp³-hybridized carbons (Fsp3) is 0.357. The summed E-state index contributed by atoms with van der Waals surface area (Å²) < 4.78 is 0. The summed E-state index contributed by atoms with van der Waals surface area (Å²) in [5.74, 6) is 0.0474. The number of nitrogens with one attached hydrogen (secondary N) is 1. The second-order valence-electron chi connectivity index (χ2n) is 4.72. The molecule has 1 aliphatic carbocycles. The Labute approximate surface area is 107 Å². The van der Waals surface area contributed by atoms with E-state index in [1.54, 1.807) is 18.2 Å². The van der Waals surface area contributed by atoms with Gasteiger partial charge in [0.15, 0.2) is 0 Å². The largest absolute Gasteiger partial charge is 0.508 e. The minimum absolute atomic E-state index is 0.0168. The van der Waals surface area contributed by atoms with Gasteiger partial charge in [0.05, 0.1) is 12.0 Å². The summed E-state index contributed by atoms with van der Waals surface area (Å²) in [6, 6.07) is 6.75. The minimum atomic E-state index is -0.139. The van der Waals surface area contributed by atoms with Crippen molar-refractivity contribution in [3.63, 3.8) is 0 Å². The van der Waals surface area contributed by atoms with E-state index in [9.17, 15) is 9.90 Å². The molecule has 0 spiro atoms. The van der Waals surface area contributed by atoms with Crippen LogP contribution in [0.25, 0.3) is 0 Å². The molecule has 0 aliphatic heterocycles. The van der Waals surface area contributed by atoms with Crippen LogP contribution in [-0.2, 0) is 4.79 Å². The van der Waals surface area contributed by atoms with E-state index in [1.165, 1.54) is 0 Å². The predicted molar refractivity (Wildman–Crippen MR) is 69.9 cm³/mol. The molecule has 96 valence electrons.